The van der Waals surface area contributed by atoms with E-state index in [0.717, 1.165) is 22.6 Å². The van der Waals surface area contributed by atoms with Crippen LogP contribution in [0.4, 0.5) is 0 Å². The maximum absolute atomic E-state index is 4.48. The van der Waals surface area contributed by atoms with Gasteiger partial charge in [-0.3, -0.25) is 0 Å². The Hall–Kier alpha value is -1.01. The Kier molecular flexibility index (Phi) is 4.62. The fourth-order valence-electron chi connectivity index (χ4n) is 1.85. The fraction of sp³-hybridized carbons (Fsp3) is 0.133. The van der Waals surface area contributed by atoms with Crippen molar-refractivity contribution in [2.45, 2.75) is 13.1 Å². The van der Waals surface area contributed by atoms with E-state index in [1.807, 2.05) is 6.20 Å². The fourth-order valence-corrected chi connectivity index (χ4v) is 3.68. The number of nitrogens with one attached hydrogen (secondary N) is 1. The van der Waals surface area contributed by atoms with Crippen LogP contribution in [0.25, 0.3) is 10.4 Å². The van der Waals surface area contributed by atoms with Crippen molar-refractivity contribution in [3.63, 3.8) is 0 Å². The molecule has 20 heavy (non-hydrogen) atoms. The van der Waals surface area contributed by atoms with Crippen LogP contribution < -0.4 is 5.32 Å². The van der Waals surface area contributed by atoms with Crippen molar-refractivity contribution in [2.24, 2.45) is 0 Å². The Morgan fingerprint density at radius 3 is 2.70 bits per heavy atom. The van der Waals surface area contributed by atoms with Gasteiger partial charge in [-0.1, -0.05) is 34.1 Å². The number of halogens is 1. The predicted molar refractivity (Wildman–Crippen MR) is 90.1 cm³/mol. The van der Waals surface area contributed by atoms with E-state index < -0.39 is 0 Å². The molecule has 0 spiro atoms. The molecule has 0 aliphatic heterocycles. The number of benzene rings is 1. The van der Waals surface area contributed by atoms with E-state index in [-0.39, 0.29) is 0 Å². The Morgan fingerprint density at radius 1 is 1.10 bits per heavy atom. The molecule has 0 radical (unpaired) electrons. The summed E-state index contributed by atoms with van der Waals surface area (Å²) in [5.41, 5.74) is 1.22. The maximum atomic E-state index is 4.48. The molecule has 1 N–H and O–H groups in total. The summed E-state index contributed by atoms with van der Waals surface area (Å²) < 4.78 is 1.10. The SMILES string of the molecule is Brc1ccc(-c2cnc(CNCc3cccs3)s2)cc1. The van der Waals surface area contributed by atoms with Gasteiger partial charge in [-0.05, 0) is 29.1 Å². The van der Waals surface area contributed by atoms with Crippen molar-refractivity contribution in [2.75, 3.05) is 0 Å². The summed E-state index contributed by atoms with van der Waals surface area (Å²) in [4.78, 5) is 7.05. The summed E-state index contributed by atoms with van der Waals surface area (Å²) in [6.45, 7) is 1.73. The molecule has 0 unspecified atom stereocenters. The molecule has 2 heterocycles. The number of thiophene rings is 1. The average Bonchev–Trinajstić information content (AvgIpc) is 3.11. The number of aromatic nitrogens is 1. The van der Waals surface area contributed by atoms with Crippen LogP contribution in [0.5, 0.6) is 0 Å². The van der Waals surface area contributed by atoms with Crippen molar-refractivity contribution >= 4 is 38.6 Å². The van der Waals surface area contributed by atoms with Gasteiger partial charge in [-0.2, -0.15) is 0 Å². The minimum atomic E-state index is 0.819. The van der Waals surface area contributed by atoms with Gasteiger partial charge >= 0.3 is 0 Å². The third-order valence-electron chi connectivity index (χ3n) is 2.84. The van der Waals surface area contributed by atoms with E-state index in [1.54, 1.807) is 22.7 Å². The molecule has 0 saturated carbocycles. The Labute approximate surface area is 134 Å². The molecule has 0 fully saturated rings. The van der Waals surface area contributed by atoms with E-state index in [4.69, 9.17) is 0 Å². The second-order valence-corrected chi connectivity index (χ2v) is 7.37. The number of hydrogen-bond acceptors (Lipinski definition) is 4. The van der Waals surface area contributed by atoms with Gasteiger partial charge in [0.1, 0.15) is 5.01 Å². The van der Waals surface area contributed by atoms with Gasteiger partial charge in [0.15, 0.2) is 0 Å². The monoisotopic (exact) mass is 364 g/mol. The largest absolute Gasteiger partial charge is 0.306 e. The highest BCUT2D eigenvalue weighted by molar-refractivity contribution is 9.10. The smallest absolute Gasteiger partial charge is 0.107 e. The van der Waals surface area contributed by atoms with Crippen LogP contribution in [0.1, 0.15) is 9.88 Å². The first-order valence-electron chi connectivity index (χ1n) is 6.25. The second kappa shape index (κ2) is 6.63. The Balaban J connectivity index is 1.60. The molecule has 3 aromatic rings. The van der Waals surface area contributed by atoms with Crippen LogP contribution in [0.15, 0.2) is 52.4 Å². The summed E-state index contributed by atoms with van der Waals surface area (Å²) in [7, 11) is 0. The molecule has 0 bridgehead atoms. The van der Waals surface area contributed by atoms with Crippen LogP contribution in [0.3, 0.4) is 0 Å². The van der Waals surface area contributed by atoms with Crippen LogP contribution in [0, 0.1) is 0 Å². The van der Waals surface area contributed by atoms with Gasteiger partial charge in [-0.25, -0.2) is 4.98 Å². The summed E-state index contributed by atoms with van der Waals surface area (Å²) in [5, 5.41) is 6.66. The summed E-state index contributed by atoms with van der Waals surface area (Å²) in [6.07, 6.45) is 1.95. The molecule has 3 rings (SSSR count). The third kappa shape index (κ3) is 3.55. The van der Waals surface area contributed by atoms with E-state index >= 15 is 0 Å². The lowest BCUT2D eigenvalue weighted by Crippen LogP contribution is -2.11. The molecule has 0 aliphatic carbocycles. The van der Waals surface area contributed by atoms with Gasteiger partial charge in [-0.15, -0.1) is 22.7 Å². The molecule has 0 amide bonds. The minimum absolute atomic E-state index is 0.819. The van der Waals surface area contributed by atoms with E-state index in [1.165, 1.54) is 15.3 Å². The predicted octanol–water partition coefficient (Wildman–Crippen LogP) is 4.92. The lowest BCUT2D eigenvalue weighted by molar-refractivity contribution is 0.697. The van der Waals surface area contributed by atoms with Gasteiger partial charge in [0.05, 0.1) is 4.88 Å². The molecule has 2 nitrogen and oxygen atoms in total. The lowest BCUT2D eigenvalue weighted by atomic mass is 10.2. The van der Waals surface area contributed by atoms with Crippen LogP contribution in [0.2, 0.25) is 0 Å². The van der Waals surface area contributed by atoms with Crippen molar-refractivity contribution in [3.8, 4) is 10.4 Å². The summed E-state index contributed by atoms with van der Waals surface area (Å²) >= 11 is 6.98. The van der Waals surface area contributed by atoms with Gasteiger partial charge in [0.25, 0.3) is 0 Å². The standard InChI is InChI=1S/C15H13BrN2S2/c16-12-5-3-11(4-6-12)14-9-18-15(20-14)10-17-8-13-2-1-7-19-13/h1-7,9,17H,8,10H2. The Morgan fingerprint density at radius 2 is 1.95 bits per heavy atom. The van der Waals surface area contributed by atoms with Crippen molar-refractivity contribution in [3.05, 3.63) is 62.3 Å². The molecular weight excluding hydrogens is 352 g/mol. The van der Waals surface area contributed by atoms with E-state index in [9.17, 15) is 0 Å². The van der Waals surface area contributed by atoms with Crippen molar-refractivity contribution in [1.82, 2.24) is 10.3 Å². The minimum Gasteiger partial charge on any atom is -0.306 e. The molecule has 0 aliphatic rings. The summed E-state index contributed by atoms with van der Waals surface area (Å²) in [6, 6.07) is 12.6. The third-order valence-corrected chi connectivity index (χ3v) is 5.29. The number of rotatable bonds is 5. The highest BCUT2D eigenvalue weighted by atomic mass is 79.9. The molecule has 102 valence electrons. The first-order chi connectivity index (χ1) is 9.81. The molecule has 5 heteroatoms. The quantitative estimate of drug-likeness (QED) is 0.694. The molecule has 1 aromatic carbocycles. The molecule has 0 atom stereocenters. The van der Waals surface area contributed by atoms with Crippen LogP contribution in [-0.4, -0.2) is 4.98 Å². The number of thiazole rings is 1. The zero-order valence-corrected chi connectivity index (χ0v) is 13.9. The maximum Gasteiger partial charge on any atom is 0.107 e. The topological polar surface area (TPSA) is 24.9 Å². The highest BCUT2D eigenvalue weighted by Crippen LogP contribution is 2.27. The van der Waals surface area contributed by atoms with E-state index in [2.05, 4.69) is 68.0 Å². The average molecular weight is 365 g/mol. The van der Waals surface area contributed by atoms with Crippen LogP contribution in [-0.2, 0) is 13.1 Å². The molecule has 0 saturated heterocycles. The van der Waals surface area contributed by atoms with E-state index in [0.29, 0.717) is 0 Å². The van der Waals surface area contributed by atoms with Crippen LogP contribution >= 0.6 is 38.6 Å². The molecular formula is C15H13BrN2S2. The van der Waals surface area contributed by atoms with Crippen molar-refractivity contribution < 1.29 is 0 Å². The Bertz CT molecular complexity index is 660. The zero-order chi connectivity index (χ0) is 13.8. The first kappa shape index (κ1) is 13.9. The van der Waals surface area contributed by atoms with Gasteiger partial charge in [0.2, 0.25) is 0 Å². The normalized spacial score (nSPS) is 10.8. The van der Waals surface area contributed by atoms with Gasteiger partial charge in [0, 0.05) is 28.6 Å². The van der Waals surface area contributed by atoms with Gasteiger partial charge < -0.3 is 5.32 Å². The molecule has 2 aromatic heterocycles. The highest BCUT2D eigenvalue weighted by Gasteiger charge is 2.04. The number of nitrogens with zero attached hydrogens (tertiary/aromatic N) is 1. The lowest BCUT2D eigenvalue weighted by Gasteiger charge is -1.99. The second-order valence-electron chi connectivity index (χ2n) is 4.31. The first-order valence-corrected chi connectivity index (χ1v) is 8.74. The number of hydrogen-bond donors (Lipinski definition) is 1. The van der Waals surface area contributed by atoms with Crippen molar-refractivity contribution in [1.29, 1.82) is 0 Å². The zero-order valence-electron chi connectivity index (χ0n) is 10.7. The summed E-state index contributed by atoms with van der Waals surface area (Å²) in [5.74, 6) is 0.